The zero-order chi connectivity index (χ0) is 12.6. The van der Waals surface area contributed by atoms with Gasteiger partial charge in [0, 0.05) is 6.61 Å². The summed E-state index contributed by atoms with van der Waals surface area (Å²) in [4.78, 5) is 15.5. The highest BCUT2D eigenvalue weighted by molar-refractivity contribution is 7.17. The van der Waals surface area contributed by atoms with Crippen molar-refractivity contribution in [3.63, 3.8) is 0 Å². The van der Waals surface area contributed by atoms with E-state index in [0.717, 1.165) is 13.0 Å². The fraction of sp³-hybridized carbons (Fsp3) is 0.636. The molecule has 1 fully saturated rings. The second kappa shape index (κ2) is 4.27. The van der Waals surface area contributed by atoms with E-state index in [9.17, 15) is 4.79 Å². The molecule has 0 radical (unpaired) electrons. The number of carboxylic acids is 1. The van der Waals surface area contributed by atoms with Crippen molar-refractivity contribution < 1.29 is 14.6 Å². The molecule has 1 saturated heterocycles. The molecule has 0 aliphatic carbocycles. The van der Waals surface area contributed by atoms with Crippen LogP contribution in [0, 0.1) is 6.92 Å². The van der Waals surface area contributed by atoms with Crippen LogP contribution in [0.4, 0.5) is 5.13 Å². The third-order valence-corrected chi connectivity index (χ3v) is 4.33. The minimum atomic E-state index is -0.922. The summed E-state index contributed by atoms with van der Waals surface area (Å²) in [5, 5.41) is 12.9. The number of rotatable bonds is 3. The Kier molecular flexibility index (Phi) is 3.09. The van der Waals surface area contributed by atoms with Gasteiger partial charge in [-0.1, -0.05) is 11.3 Å². The molecule has 2 atom stereocenters. The Balaban J connectivity index is 2.19. The number of aromatic carboxylic acids is 1. The van der Waals surface area contributed by atoms with E-state index >= 15 is 0 Å². The van der Waals surface area contributed by atoms with Crippen LogP contribution in [0.25, 0.3) is 0 Å². The highest BCUT2D eigenvalue weighted by Gasteiger charge is 2.37. The lowest BCUT2D eigenvalue weighted by molar-refractivity contribution is 0.0701. The standard InChI is InChI=1S/C11H16N2O3S/c1-6-8(9(14)15)17-10(12-6)13-11(3)4-5-16-7(11)2/h7H,4-5H2,1-3H3,(H,12,13)(H,14,15). The van der Waals surface area contributed by atoms with Crippen LogP contribution in [0.5, 0.6) is 0 Å². The van der Waals surface area contributed by atoms with Crippen LogP contribution < -0.4 is 5.32 Å². The Bertz CT molecular complexity index is 446. The summed E-state index contributed by atoms with van der Waals surface area (Å²) in [6.07, 6.45) is 0.995. The van der Waals surface area contributed by atoms with Crippen molar-refractivity contribution in [3.05, 3.63) is 10.6 Å². The van der Waals surface area contributed by atoms with E-state index in [1.165, 1.54) is 11.3 Å². The molecule has 1 aliphatic rings. The first kappa shape index (κ1) is 12.3. The summed E-state index contributed by atoms with van der Waals surface area (Å²) in [7, 11) is 0. The molecule has 6 heteroatoms. The molecular weight excluding hydrogens is 240 g/mol. The number of anilines is 1. The number of ether oxygens (including phenoxy) is 1. The van der Waals surface area contributed by atoms with Crippen molar-refractivity contribution in [2.45, 2.75) is 38.8 Å². The first-order valence-corrected chi connectivity index (χ1v) is 6.34. The lowest BCUT2D eigenvalue weighted by Crippen LogP contribution is -2.41. The molecule has 5 nitrogen and oxygen atoms in total. The third kappa shape index (κ3) is 2.28. The molecule has 2 rings (SSSR count). The van der Waals surface area contributed by atoms with Gasteiger partial charge in [0.15, 0.2) is 5.13 Å². The number of aromatic nitrogens is 1. The number of nitrogens with zero attached hydrogens (tertiary/aromatic N) is 1. The number of nitrogens with one attached hydrogen (secondary N) is 1. The fourth-order valence-corrected chi connectivity index (χ4v) is 2.83. The Morgan fingerprint density at radius 3 is 2.88 bits per heavy atom. The highest BCUT2D eigenvalue weighted by atomic mass is 32.1. The molecule has 0 aromatic carbocycles. The van der Waals surface area contributed by atoms with E-state index in [-0.39, 0.29) is 11.6 Å². The maximum atomic E-state index is 10.9. The predicted octanol–water partition coefficient (Wildman–Crippen LogP) is 2.13. The van der Waals surface area contributed by atoms with E-state index in [2.05, 4.69) is 17.2 Å². The number of thiazole rings is 1. The molecule has 2 heterocycles. The zero-order valence-electron chi connectivity index (χ0n) is 10.1. The van der Waals surface area contributed by atoms with Gasteiger partial charge in [0.25, 0.3) is 0 Å². The number of hydrogen-bond acceptors (Lipinski definition) is 5. The quantitative estimate of drug-likeness (QED) is 0.866. The van der Waals surface area contributed by atoms with E-state index in [0.29, 0.717) is 15.7 Å². The van der Waals surface area contributed by atoms with Crippen LogP contribution in [-0.4, -0.2) is 34.3 Å². The highest BCUT2D eigenvalue weighted by Crippen LogP contribution is 2.32. The number of hydrogen-bond donors (Lipinski definition) is 2. The minimum absolute atomic E-state index is 0.0972. The SMILES string of the molecule is Cc1nc(NC2(C)CCOC2C)sc1C(=O)O. The summed E-state index contributed by atoms with van der Waals surface area (Å²) in [6, 6.07) is 0. The Morgan fingerprint density at radius 1 is 1.71 bits per heavy atom. The number of carbonyl (C=O) groups is 1. The van der Waals surface area contributed by atoms with Gasteiger partial charge in [-0.05, 0) is 27.2 Å². The van der Waals surface area contributed by atoms with E-state index in [1.807, 2.05) is 6.92 Å². The van der Waals surface area contributed by atoms with Gasteiger partial charge in [0.2, 0.25) is 0 Å². The molecule has 0 bridgehead atoms. The van der Waals surface area contributed by atoms with Crippen molar-refractivity contribution >= 4 is 22.4 Å². The molecule has 17 heavy (non-hydrogen) atoms. The van der Waals surface area contributed by atoms with Gasteiger partial charge in [-0.25, -0.2) is 9.78 Å². The van der Waals surface area contributed by atoms with E-state index < -0.39 is 5.97 Å². The zero-order valence-corrected chi connectivity index (χ0v) is 10.9. The maximum Gasteiger partial charge on any atom is 0.347 e. The molecular formula is C11H16N2O3S. The van der Waals surface area contributed by atoms with Gasteiger partial charge in [-0.2, -0.15) is 0 Å². The minimum Gasteiger partial charge on any atom is -0.477 e. The average molecular weight is 256 g/mol. The van der Waals surface area contributed by atoms with Crippen LogP contribution in [-0.2, 0) is 4.74 Å². The Labute approximate surface area is 104 Å². The molecule has 2 N–H and O–H groups in total. The largest absolute Gasteiger partial charge is 0.477 e. The first-order valence-electron chi connectivity index (χ1n) is 5.53. The topological polar surface area (TPSA) is 71.5 Å². The van der Waals surface area contributed by atoms with Gasteiger partial charge >= 0.3 is 5.97 Å². The average Bonchev–Trinajstić information content (AvgIpc) is 2.72. The summed E-state index contributed by atoms with van der Waals surface area (Å²) in [6.45, 7) is 6.52. The van der Waals surface area contributed by atoms with Crippen LogP contribution in [0.3, 0.4) is 0 Å². The Hall–Kier alpha value is -1.14. The molecule has 2 unspecified atom stereocenters. The maximum absolute atomic E-state index is 10.9. The van der Waals surface area contributed by atoms with Crippen molar-refractivity contribution in [1.82, 2.24) is 4.98 Å². The molecule has 0 saturated carbocycles. The summed E-state index contributed by atoms with van der Waals surface area (Å²) >= 11 is 1.18. The normalized spacial score (nSPS) is 28.3. The Morgan fingerprint density at radius 2 is 2.41 bits per heavy atom. The molecule has 0 amide bonds. The lowest BCUT2D eigenvalue weighted by atomic mass is 9.95. The van der Waals surface area contributed by atoms with E-state index in [4.69, 9.17) is 9.84 Å². The van der Waals surface area contributed by atoms with Gasteiger partial charge in [0.05, 0.1) is 17.3 Å². The lowest BCUT2D eigenvalue weighted by Gasteiger charge is -2.28. The fourth-order valence-electron chi connectivity index (χ4n) is 1.89. The molecule has 94 valence electrons. The van der Waals surface area contributed by atoms with Gasteiger partial charge < -0.3 is 15.2 Å². The van der Waals surface area contributed by atoms with Crippen molar-refractivity contribution in [2.24, 2.45) is 0 Å². The van der Waals surface area contributed by atoms with Crippen molar-refractivity contribution in [1.29, 1.82) is 0 Å². The summed E-state index contributed by atoms with van der Waals surface area (Å²) in [5.74, 6) is -0.922. The molecule has 1 aromatic heterocycles. The van der Waals surface area contributed by atoms with Crippen LogP contribution in [0.15, 0.2) is 0 Å². The van der Waals surface area contributed by atoms with E-state index in [1.54, 1.807) is 6.92 Å². The third-order valence-electron chi connectivity index (χ3n) is 3.27. The summed E-state index contributed by atoms with van der Waals surface area (Å²) < 4.78 is 5.52. The monoisotopic (exact) mass is 256 g/mol. The second-order valence-corrected chi connectivity index (χ2v) is 5.54. The summed E-state index contributed by atoms with van der Waals surface area (Å²) in [5.41, 5.74) is 0.389. The molecule has 1 aromatic rings. The van der Waals surface area contributed by atoms with Crippen LogP contribution >= 0.6 is 11.3 Å². The van der Waals surface area contributed by atoms with Crippen molar-refractivity contribution in [2.75, 3.05) is 11.9 Å². The van der Waals surface area contributed by atoms with Gasteiger partial charge in [0.1, 0.15) is 4.88 Å². The second-order valence-electron chi connectivity index (χ2n) is 4.54. The smallest absolute Gasteiger partial charge is 0.347 e. The van der Waals surface area contributed by atoms with Crippen molar-refractivity contribution in [3.8, 4) is 0 Å². The molecule has 0 spiro atoms. The predicted molar refractivity (Wildman–Crippen MR) is 65.9 cm³/mol. The first-order chi connectivity index (χ1) is 7.92. The van der Waals surface area contributed by atoms with Gasteiger partial charge in [-0.15, -0.1) is 0 Å². The number of aryl methyl sites for hydroxylation is 1. The molecule has 1 aliphatic heterocycles. The van der Waals surface area contributed by atoms with Crippen LogP contribution in [0.2, 0.25) is 0 Å². The number of carboxylic acid groups (broad SMARTS) is 1. The van der Waals surface area contributed by atoms with Gasteiger partial charge in [-0.3, -0.25) is 0 Å². The van der Waals surface area contributed by atoms with Crippen LogP contribution in [0.1, 0.15) is 35.6 Å².